The highest BCUT2D eigenvalue weighted by molar-refractivity contribution is 5.96. The van der Waals surface area contributed by atoms with E-state index < -0.39 is 0 Å². The number of hydrogen-bond acceptors (Lipinski definition) is 2. The summed E-state index contributed by atoms with van der Waals surface area (Å²) in [6.07, 6.45) is 6.46. The Morgan fingerprint density at radius 1 is 1.15 bits per heavy atom. The van der Waals surface area contributed by atoms with Gasteiger partial charge in [-0.2, -0.15) is 0 Å². The number of carbonyl (C=O) groups excluding carboxylic acids is 2. The molecule has 0 unspecified atom stereocenters. The van der Waals surface area contributed by atoms with Crippen molar-refractivity contribution in [2.75, 3.05) is 0 Å². The Kier molecular flexibility index (Phi) is 5.16. The third-order valence-corrected chi connectivity index (χ3v) is 3.96. The predicted octanol–water partition coefficient (Wildman–Crippen LogP) is 2.73. The fraction of sp³-hybridized carbons (Fsp3) is 0.500. The number of hydrogen-bond donors (Lipinski definition) is 2. The summed E-state index contributed by atoms with van der Waals surface area (Å²) in [5.74, 6) is 0.309. The van der Waals surface area contributed by atoms with Gasteiger partial charge in [-0.15, -0.1) is 0 Å². The molecule has 4 nitrogen and oxygen atoms in total. The van der Waals surface area contributed by atoms with Gasteiger partial charge in [-0.25, -0.2) is 0 Å². The molecular weight excluding hydrogens is 252 g/mol. The number of nitrogens with one attached hydrogen (secondary N) is 2. The number of benzene rings is 1. The fourth-order valence-corrected chi connectivity index (χ4v) is 2.72. The summed E-state index contributed by atoms with van der Waals surface area (Å²) in [5.41, 5.74) is 6.45. The molecule has 0 radical (unpaired) electrons. The van der Waals surface area contributed by atoms with Crippen LogP contribution >= 0.6 is 0 Å². The lowest BCUT2D eigenvalue weighted by atomic mass is 10.0. The van der Waals surface area contributed by atoms with E-state index in [2.05, 4.69) is 10.9 Å². The smallest absolute Gasteiger partial charge is 0.269 e. The van der Waals surface area contributed by atoms with Gasteiger partial charge in [0.15, 0.2) is 0 Å². The fourth-order valence-electron chi connectivity index (χ4n) is 2.72. The molecule has 1 aromatic rings. The van der Waals surface area contributed by atoms with Crippen molar-refractivity contribution in [3.05, 3.63) is 35.4 Å². The molecule has 0 spiro atoms. The van der Waals surface area contributed by atoms with Gasteiger partial charge in [0.1, 0.15) is 0 Å². The van der Waals surface area contributed by atoms with E-state index in [-0.39, 0.29) is 11.8 Å². The van der Waals surface area contributed by atoms with Gasteiger partial charge in [0.05, 0.1) is 0 Å². The number of carbonyl (C=O) groups is 2. The van der Waals surface area contributed by atoms with Gasteiger partial charge in [-0.1, -0.05) is 43.9 Å². The first-order chi connectivity index (χ1) is 9.66. The van der Waals surface area contributed by atoms with Crippen molar-refractivity contribution in [3.8, 4) is 0 Å². The van der Waals surface area contributed by atoms with E-state index in [1.807, 2.05) is 25.1 Å². The largest absolute Gasteiger partial charge is 0.273 e. The minimum atomic E-state index is -0.266. The maximum Gasteiger partial charge on any atom is 0.269 e. The summed E-state index contributed by atoms with van der Waals surface area (Å²) in [6, 6.07) is 7.31. The first kappa shape index (κ1) is 14.6. The van der Waals surface area contributed by atoms with Crippen LogP contribution in [0.5, 0.6) is 0 Å². The van der Waals surface area contributed by atoms with Crippen LogP contribution in [0.3, 0.4) is 0 Å². The van der Waals surface area contributed by atoms with Crippen LogP contribution in [0, 0.1) is 12.8 Å². The van der Waals surface area contributed by atoms with Gasteiger partial charge in [-0.05, 0) is 30.9 Å². The van der Waals surface area contributed by atoms with Gasteiger partial charge < -0.3 is 0 Å². The second kappa shape index (κ2) is 7.08. The molecule has 2 N–H and O–H groups in total. The summed E-state index contributed by atoms with van der Waals surface area (Å²) in [7, 11) is 0. The molecule has 2 rings (SSSR count). The Morgan fingerprint density at radius 3 is 2.55 bits per heavy atom. The normalized spacial score (nSPS) is 15.1. The van der Waals surface area contributed by atoms with E-state index in [0.717, 1.165) is 12.0 Å². The zero-order valence-electron chi connectivity index (χ0n) is 11.9. The predicted molar refractivity (Wildman–Crippen MR) is 78.0 cm³/mol. The van der Waals surface area contributed by atoms with Crippen LogP contribution in [0.2, 0.25) is 0 Å². The molecule has 0 aromatic heterocycles. The molecule has 1 saturated carbocycles. The highest BCUT2D eigenvalue weighted by atomic mass is 16.2. The van der Waals surface area contributed by atoms with E-state index in [1.54, 1.807) is 6.07 Å². The Hall–Kier alpha value is -1.84. The van der Waals surface area contributed by atoms with Crippen molar-refractivity contribution in [1.82, 2.24) is 10.9 Å². The van der Waals surface area contributed by atoms with Gasteiger partial charge in [-0.3, -0.25) is 20.4 Å². The summed E-state index contributed by atoms with van der Waals surface area (Å²) in [6.45, 7) is 1.87. The molecule has 4 heteroatoms. The van der Waals surface area contributed by atoms with Crippen molar-refractivity contribution < 1.29 is 9.59 Å². The molecule has 1 aromatic carbocycles. The van der Waals surface area contributed by atoms with Crippen molar-refractivity contribution in [2.45, 2.75) is 45.4 Å². The maximum atomic E-state index is 11.9. The van der Waals surface area contributed by atoms with Crippen LogP contribution in [-0.2, 0) is 4.79 Å². The number of aryl methyl sites for hydroxylation is 1. The van der Waals surface area contributed by atoms with Crippen molar-refractivity contribution in [3.63, 3.8) is 0 Å². The van der Waals surface area contributed by atoms with E-state index in [1.165, 1.54) is 25.7 Å². The molecule has 108 valence electrons. The highest BCUT2D eigenvalue weighted by Gasteiger charge is 2.16. The zero-order valence-corrected chi connectivity index (χ0v) is 11.9. The SMILES string of the molecule is Cc1ccccc1C(=O)NNC(=O)CCC1CCCC1. The Balaban J connectivity index is 1.72. The quantitative estimate of drug-likeness (QED) is 0.829. The lowest BCUT2D eigenvalue weighted by molar-refractivity contribution is -0.122. The molecule has 1 aliphatic carbocycles. The minimum absolute atomic E-state index is 0.112. The van der Waals surface area contributed by atoms with Gasteiger partial charge in [0.25, 0.3) is 5.91 Å². The molecule has 1 fully saturated rings. The first-order valence-electron chi connectivity index (χ1n) is 7.31. The van der Waals surface area contributed by atoms with Gasteiger partial charge in [0, 0.05) is 12.0 Å². The Morgan fingerprint density at radius 2 is 1.85 bits per heavy atom. The lowest BCUT2D eigenvalue weighted by Crippen LogP contribution is -2.41. The highest BCUT2D eigenvalue weighted by Crippen LogP contribution is 2.28. The topological polar surface area (TPSA) is 58.2 Å². The van der Waals surface area contributed by atoms with E-state index in [4.69, 9.17) is 0 Å². The molecule has 0 heterocycles. The summed E-state index contributed by atoms with van der Waals surface area (Å²) in [4.78, 5) is 23.6. The molecule has 20 heavy (non-hydrogen) atoms. The maximum absolute atomic E-state index is 11.9. The summed E-state index contributed by atoms with van der Waals surface area (Å²) < 4.78 is 0. The molecule has 0 saturated heterocycles. The second-order valence-corrected chi connectivity index (χ2v) is 5.51. The van der Waals surface area contributed by atoms with Crippen molar-refractivity contribution in [1.29, 1.82) is 0 Å². The first-order valence-corrected chi connectivity index (χ1v) is 7.31. The average Bonchev–Trinajstić information content (AvgIpc) is 2.96. The molecular formula is C16H22N2O2. The molecule has 0 atom stereocenters. The third kappa shape index (κ3) is 4.08. The second-order valence-electron chi connectivity index (χ2n) is 5.51. The summed E-state index contributed by atoms with van der Waals surface area (Å²) in [5, 5.41) is 0. The van der Waals surface area contributed by atoms with Gasteiger partial charge >= 0.3 is 0 Å². The molecule has 0 aliphatic heterocycles. The molecule has 2 amide bonds. The standard InChI is InChI=1S/C16H22N2O2/c1-12-6-2-5-9-14(12)16(20)18-17-15(19)11-10-13-7-3-4-8-13/h2,5-6,9,13H,3-4,7-8,10-11H2,1H3,(H,17,19)(H,18,20). The van der Waals surface area contributed by atoms with Crippen LogP contribution in [0.4, 0.5) is 0 Å². The average molecular weight is 274 g/mol. The van der Waals surface area contributed by atoms with E-state index in [0.29, 0.717) is 17.9 Å². The lowest BCUT2D eigenvalue weighted by Gasteiger charge is -2.11. The van der Waals surface area contributed by atoms with Crippen LogP contribution in [0.1, 0.15) is 54.4 Å². The monoisotopic (exact) mass is 274 g/mol. The number of rotatable bonds is 4. The summed E-state index contributed by atoms with van der Waals surface area (Å²) >= 11 is 0. The minimum Gasteiger partial charge on any atom is -0.273 e. The van der Waals surface area contributed by atoms with Crippen molar-refractivity contribution >= 4 is 11.8 Å². The molecule has 1 aliphatic rings. The van der Waals surface area contributed by atoms with Crippen LogP contribution in [0.15, 0.2) is 24.3 Å². The van der Waals surface area contributed by atoms with E-state index in [9.17, 15) is 9.59 Å². The van der Waals surface area contributed by atoms with E-state index >= 15 is 0 Å². The number of amides is 2. The van der Waals surface area contributed by atoms with Crippen LogP contribution < -0.4 is 10.9 Å². The molecule has 0 bridgehead atoms. The third-order valence-electron chi connectivity index (χ3n) is 3.96. The Labute approximate surface area is 119 Å². The van der Waals surface area contributed by atoms with Gasteiger partial charge in [0.2, 0.25) is 5.91 Å². The zero-order chi connectivity index (χ0) is 14.4. The van der Waals surface area contributed by atoms with Crippen LogP contribution in [0.25, 0.3) is 0 Å². The Bertz CT molecular complexity index is 479. The van der Waals surface area contributed by atoms with Crippen molar-refractivity contribution in [2.24, 2.45) is 5.92 Å². The number of hydrazine groups is 1. The van der Waals surface area contributed by atoms with Crippen LogP contribution in [-0.4, -0.2) is 11.8 Å².